The Morgan fingerprint density at radius 2 is 1.52 bits per heavy atom. The van der Waals surface area contributed by atoms with Gasteiger partial charge in [-0.25, -0.2) is 0 Å². The molecule has 3 heteroatoms. The predicted molar refractivity (Wildman–Crippen MR) is 99.3 cm³/mol. The Bertz CT molecular complexity index is 791. The van der Waals surface area contributed by atoms with E-state index in [-0.39, 0.29) is 22.2 Å². The number of rotatable bonds is 1. The molecule has 13 atom stereocenters. The van der Waals surface area contributed by atoms with Crippen molar-refractivity contribution in [1.82, 2.24) is 0 Å². The Balaban J connectivity index is 1.52. The van der Waals surface area contributed by atoms with Crippen molar-refractivity contribution in [2.45, 2.75) is 52.9 Å². The van der Waals surface area contributed by atoms with E-state index in [9.17, 15) is 9.59 Å². The van der Waals surface area contributed by atoms with Crippen LogP contribution in [-0.4, -0.2) is 18.9 Å². The molecule has 7 fully saturated rings. The first-order valence-corrected chi connectivity index (χ1v) is 11.5. The quantitative estimate of drug-likeness (QED) is 0.658. The van der Waals surface area contributed by atoms with Crippen molar-refractivity contribution in [3.63, 3.8) is 0 Å². The minimum absolute atomic E-state index is 0.0693. The fourth-order valence-corrected chi connectivity index (χ4v) is 12.2. The molecule has 0 aliphatic heterocycles. The van der Waals surface area contributed by atoms with Crippen molar-refractivity contribution < 1.29 is 14.3 Å². The summed E-state index contributed by atoms with van der Waals surface area (Å²) in [5, 5.41) is 0. The van der Waals surface area contributed by atoms with E-state index in [1.807, 2.05) is 0 Å². The summed E-state index contributed by atoms with van der Waals surface area (Å²) in [4.78, 5) is 27.3. The average molecular weight is 369 g/mol. The molecule has 27 heavy (non-hydrogen) atoms. The molecule has 7 aliphatic carbocycles. The first-order chi connectivity index (χ1) is 12.8. The van der Waals surface area contributed by atoms with Gasteiger partial charge in [0, 0.05) is 10.8 Å². The third-order valence-electron chi connectivity index (χ3n) is 12.1. The van der Waals surface area contributed by atoms with Gasteiger partial charge in [-0.05, 0) is 91.8 Å². The van der Waals surface area contributed by atoms with E-state index >= 15 is 0 Å². The molecule has 0 aromatic carbocycles. The molecule has 0 radical (unpaired) electrons. The third kappa shape index (κ3) is 1.22. The maximum absolute atomic E-state index is 14.0. The van der Waals surface area contributed by atoms with Gasteiger partial charge in [-0.15, -0.1) is 0 Å². The van der Waals surface area contributed by atoms with Crippen LogP contribution < -0.4 is 0 Å². The average Bonchev–Trinajstić information content (AvgIpc) is 3.42. The number of esters is 1. The highest BCUT2D eigenvalue weighted by molar-refractivity contribution is 5.95. The van der Waals surface area contributed by atoms with Gasteiger partial charge in [0.15, 0.2) is 0 Å². The van der Waals surface area contributed by atoms with Gasteiger partial charge < -0.3 is 4.74 Å². The Labute approximate surface area is 162 Å². The van der Waals surface area contributed by atoms with Crippen LogP contribution in [0.4, 0.5) is 0 Å². The van der Waals surface area contributed by atoms with Crippen molar-refractivity contribution in [3.05, 3.63) is 0 Å². The van der Waals surface area contributed by atoms with Crippen molar-refractivity contribution in [3.8, 4) is 0 Å². The molecule has 0 aromatic rings. The van der Waals surface area contributed by atoms with E-state index in [2.05, 4.69) is 20.8 Å². The number of ketones is 1. The van der Waals surface area contributed by atoms with Crippen LogP contribution in [0, 0.1) is 75.4 Å². The predicted octanol–water partition coefficient (Wildman–Crippen LogP) is 3.96. The molecule has 0 aromatic heterocycles. The summed E-state index contributed by atoms with van der Waals surface area (Å²) in [6.45, 7) is 6.98. The fourth-order valence-electron chi connectivity index (χ4n) is 12.2. The van der Waals surface area contributed by atoms with Gasteiger partial charge in [-0.3, -0.25) is 9.59 Å². The summed E-state index contributed by atoms with van der Waals surface area (Å²) >= 11 is 0. The van der Waals surface area contributed by atoms with Crippen LogP contribution >= 0.6 is 0 Å². The van der Waals surface area contributed by atoms with Crippen LogP contribution in [0.25, 0.3) is 0 Å². The van der Waals surface area contributed by atoms with Crippen LogP contribution in [0.2, 0.25) is 0 Å². The summed E-state index contributed by atoms with van der Waals surface area (Å²) in [6, 6.07) is 0. The molecule has 0 bridgehead atoms. The monoisotopic (exact) mass is 368 g/mol. The van der Waals surface area contributed by atoms with Gasteiger partial charge in [0.05, 0.1) is 12.5 Å². The second-order valence-electron chi connectivity index (χ2n) is 12.0. The minimum Gasteiger partial charge on any atom is -0.469 e. The van der Waals surface area contributed by atoms with Gasteiger partial charge in [0.2, 0.25) is 0 Å². The number of carbonyl (C=O) groups is 2. The lowest BCUT2D eigenvalue weighted by molar-refractivity contribution is -0.160. The van der Waals surface area contributed by atoms with Crippen LogP contribution in [0.15, 0.2) is 0 Å². The Morgan fingerprint density at radius 3 is 2.22 bits per heavy atom. The fraction of sp³-hybridized carbons (Fsp3) is 0.917. The zero-order valence-electron chi connectivity index (χ0n) is 17.0. The van der Waals surface area contributed by atoms with E-state index in [1.165, 1.54) is 19.3 Å². The SMILES string of the molecule is COC(=O)[C@@]1(C)[C@@H]2[C@@H]3CC[C@@]4(C)C(=O)[C@@]5(C)[C@H]6[C@H]7CCC[C@@H]7[C@H]1[C@H]6[C@@H]2[C@H]5[C@@H]34. The van der Waals surface area contributed by atoms with Crippen LogP contribution in [0.1, 0.15) is 52.9 Å². The Hall–Kier alpha value is -0.860. The summed E-state index contributed by atoms with van der Waals surface area (Å²) in [5.41, 5.74) is -0.513. The van der Waals surface area contributed by atoms with E-state index in [1.54, 1.807) is 7.11 Å². The summed E-state index contributed by atoms with van der Waals surface area (Å²) in [5.74, 6) is 6.44. The smallest absolute Gasteiger partial charge is 0.312 e. The van der Waals surface area contributed by atoms with E-state index in [4.69, 9.17) is 4.74 Å². The van der Waals surface area contributed by atoms with Crippen LogP contribution in [0.3, 0.4) is 0 Å². The molecule has 0 heterocycles. The summed E-state index contributed by atoms with van der Waals surface area (Å²) in [6.07, 6.45) is 6.07. The second-order valence-corrected chi connectivity index (χ2v) is 12.0. The maximum atomic E-state index is 14.0. The molecule has 146 valence electrons. The maximum Gasteiger partial charge on any atom is 0.312 e. The van der Waals surface area contributed by atoms with Gasteiger partial charge in [0.1, 0.15) is 5.78 Å². The molecule has 0 amide bonds. The van der Waals surface area contributed by atoms with Gasteiger partial charge in [-0.1, -0.05) is 20.3 Å². The van der Waals surface area contributed by atoms with Crippen molar-refractivity contribution in [1.29, 1.82) is 0 Å². The lowest BCUT2D eigenvalue weighted by Gasteiger charge is -2.39. The molecule has 0 spiro atoms. The number of fused-ring (bicyclic) bond motifs is 5. The van der Waals surface area contributed by atoms with E-state index in [0.29, 0.717) is 65.0 Å². The number of methoxy groups -OCH3 is 1. The normalized spacial score (nSPS) is 68.7. The molecule has 0 saturated heterocycles. The number of Topliss-reactive ketones (excluding diaryl/α,β-unsaturated/α-hetero) is 1. The zero-order valence-corrected chi connectivity index (χ0v) is 17.0. The number of ether oxygens (including phenoxy) is 1. The molecular formula is C24H32O3. The minimum atomic E-state index is -0.309. The lowest BCUT2D eigenvalue weighted by atomic mass is 9.64. The Morgan fingerprint density at radius 1 is 0.889 bits per heavy atom. The summed E-state index contributed by atoms with van der Waals surface area (Å²) < 4.78 is 5.50. The molecule has 0 unspecified atom stereocenters. The molecule has 3 nitrogen and oxygen atoms in total. The van der Waals surface area contributed by atoms with Crippen LogP contribution in [-0.2, 0) is 14.3 Å². The number of carbonyl (C=O) groups excluding carboxylic acids is 2. The molecule has 7 saturated carbocycles. The molecular weight excluding hydrogens is 336 g/mol. The highest BCUT2D eigenvalue weighted by Gasteiger charge is 2.89. The first kappa shape index (κ1) is 16.0. The largest absolute Gasteiger partial charge is 0.469 e. The van der Waals surface area contributed by atoms with E-state index < -0.39 is 0 Å². The van der Waals surface area contributed by atoms with Gasteiger partial charge >= 0.3 is 5.97 Å². The summed E-state index contributed by atoms with van der Waals surface area (Å²) in [7, 11) is 1.60. The highest BCUT2D eigenvalue weighted by Crippen LogP contribution is 2.89. The van der Waals surface area contributed by atoms with Gasteiger partial charge in [-0.2, -0.15) is 0 Å². The van der Waals surface area contributed by atoms with Crippen LogP contribution in [0.5, 0.6) is 0 Å². The number of hydrogen-bond donors (Lipinski definition) is 0. The third-order valence-corrected chi connectivity index (χ3v) is 12.1. The first-order valence-electron chi connectivity index (χ1n) is 11.5. The van der Waals surface area contributed by atoms with Gasteiger partial charge in [0.25, 0.3) is 0 Å². The highest BCUT2D eigenvalue weighted by atomic mass is 16.5. The van der Waals surface area contributed by atoms with Crippen molar-refractivity contribution >= 4 is 11.8 Å². The number of hydrogen-bond acceptors (Lipinski definition) is 3. The molecule has 0 N–H and O–H groups in total. The van der Waals surface area contributed by atoms with E-state index in [0.717, 1.165) is 12.8 Å². The topological polar surface area (TPSA) is 43.4 Å². The van der Waals surface area contributed by atoms with Crippen molar-refractivity contribution in [2.75, 3.05) is 7.11 Å². The lowest BCUT2D eigenvalue weighted by Crippen LogP contribution is -2.44. The molecule has 7 rings (SSSR count). The second kappa shape index (κ2) is 4.19. The zero-order chi connectivity index (χ0) is 18.7. The molecule has 7 aliphatic rings. The Kier molecular flexibility index (Phi) is 2.48. The standard InChI is InChI=1S/C24H32O3/c1-22-9-8-12-17-14-13-15(23(2,20(22)25)19(14)18(12)22)10-6-5-7-11(10)16(13)24(17,3)21(26)27-4/h10-19H,5-9H2,1-4H3/t10-,11-,12-,13-,14-,15-,16-,17+,18+,19-,22+,23-,24+/m0/s1. The van der Waals surface area contributed by atoms with Crippen molar-refractivity contribution in [2.24, 2.45) is 75.4 Å².